The summed E-state index contributed by atoms with van der Waals surface area (Å²) in [5.74, 6) is -0.341. The molecule has 0 unspecified atom stereocenters. The first-order valence-electron chi connectivity index (χ1n) is 10.5. The van der Waals surface area contributed by atoms with Crippen LogP contribution in [0.4, 0.5) is 10.5 Å². The quantitative estimate of drug-likeness (QED) is 0.255. The lowest BCUT2D eigenvalue weighted by Crippen LogP contribution is -2.23. The summed E-state index contributed by atoms with van der Waals surface area (Å²) in [6.45, 7) is 2.09. The van der Waals surface area contributed by atoms with Crippen LogP contribution in [0.2, 0.25) is 5.02 Å². The summed E-state index contributed by atoms with van der Waals surface area (Å²) < 4.78 is 9.69. The number of anilines is 1. The fourth-order valence-corrected chi connectivity index (χ4v) is 3.04. The summed E-state index contributed by atoms with van der Waals surface area (Å²) in [6, 6.07) is 20.4. The number of benzene rings is 3. The van der Waals surface area contributed by atoms with Crippen molar-refractivity contribution in [2.45, 2.75) is 13.5 Å². The predicted octanol–water partition coefficient (Wildman–Crippen LogP) is 5.46. The molecule has 3 rings (SSSR count). The fourth-order valence-electron chi connectivity index (χ4n) is 2.91. The number of hydrogen-bond donors (Lipinski definition) is 2. The molecule has 0 saturated heterocycles. The Morgan fingerprint density at radius 3 is 2.35 bits per heavy atom. The zero-order valence-corrected chi connectivity index (χ0v) is 19.2. The van der Waals surface area contributed by atoms with Crippen LogP contribution < -0.4 is 15.4 Å². The zero-order chi connectivity index (χ0) is 24.3. The summed E-state index contributed by atoms with van der Waals surface area (Å²) in [5.41, 5.74) is 2.57. The van der Waals surface area contributed by atoms with E-state index in [1.165, 1.54) is 18.2 Å². The van der Waals surface area contributed by atoms with E-state index in [2.05, 4.69) is 10.6 Å². The fraction of sp³-hybridized carbons (Fsp3) is 0.115. The topological polar surface area (TPSA) is 93.7 Å². The van der Waals surface area contributed by atoms with Gasteiger partial charge in [-0.25, -0.2) is 4.79 Å². The average Bonchev–Trinajstić information content (AvgIpc) is 2.83. The van der Waals surface area contributed by atoms with E-state index in [4.69, 9.17) is 21.1 Å². The minimum absolute atomic E-state index is 0.206. The third-order valence-electron chi connectivity index (χ3n) is 4.59. The van der Waals surface area contributed by atoms with Crippen LogP contribution in [0.1, 0.15) is 28.4 Å². The van der Waals surface area contributed by atoms with Gasteiger partial charge in [-0.3, -0.25) is 9.59 Å². The number of rotatable bonds is 8. The molecule has 7 nitrogen and oxygen atoms in total. The lowest BCUT2D eigenvalue weighted by Gasteiger charge is -2.11. The first-order chi connectivity index (χ1) is 16.4. The number of para-hydroxylation sites is 1. The van der Waals surface area contributed by atoms with Gasteiger partial charge in [0.05, 0.1) is 6.61 Å². The van der Waals surface area contributed by atoms with Gasteiger partial charge in [0, 0.05) is 28.9 Å². The Balaban J connectivity index is 1.57. The highest BCUT2D eigenvalue weighted by Gasteiger charge is 2.10. The predicted molar refractivity (Wildman–Crippen MR) is 131 cm³/mol. The first kappa shape index (κ1) is 24.5. The van der Waals surface area contributed by atoms with Crippen molar-refractivity contribution in [3.05, 3.63) is 101 Å². The molecule has 0 heterocycles. The maximum Gasteiger partial charge on any atom is 0.513 e. The SMILES string of the molecule is CCOC(=O)Oc1ccc(C(=O)NCc2ccccc2NC(=O)/C=C/c2ccc(Cl)cc2)cc1. The van der Waals surface area contributed by atoms with Gasteiger partial charge >= 0.3 is 6.16 Å². The summed E-state index contributed by atoms with van der Waals surface area (Å²) >= 11 is 5.87. The maximum atomic E-state index is 12.5. The molecule has 0 aliphatic heterocycles. The van der Waals surface area contributed by atoms with E-state index in [0.717, 1.165) is 11.1 Å². The first-order valence-corrected chi connectivity index (χ1v) is 10.9. The monoisotopic (exact) mass is 478 g/mol. The summed E-state index contributed by atoms with van der Waals surface area (Å²) in [7, 11) is 0. The molecule has 3 aromatic carbocycles. The van der Waals surface area contributed by atoms with Crippen molar-refractivity contribution in [2.75, 3.05) is 11.9 Å². The molecule has 0 aliphatic carbocycles. The van der Waals surface area contributed by atoms with Crippen molar-refractivity contribution in [3.63, 3.8) is 0 Å². The minimum Gasteiger partial charge on any atom is -0.434 e. The summed E-state index contributed by atoms with van der Waals surface area (Å²) in [4.78, 5) is 36.2. The second-order valence-electron chi connectivity index (χ2n) is 7.02. The van der Waals surface area contributed by atoms with Gasteiger partial charge < -0.3 is 20.1 Å². The zero-order valence-electron chi connectivity index (χ0n) is 18.4. The van der Waals surface area contributed by atoms with Crippen molar-refractivity contribution < 1.29 is 23.9 Å². The van der Waals surface area contributed by atoms with Crippen LogP contribution in [0.3, 0.4) is 0 Å². The van der Waals surface area contributed by atoms with Crippen molar-refractivity contribution >= 4 is 41.3 Å². The molecule has 0 saturated carbocycles. The number of ether oxygens (including phenoxy) is 2. The van der Waals surface area contributed by atoms with Crippen molar-refractivity contribution in [1.29, 1.82) is 0 Å². The normalized spacial score (nSPS) is 10.5. The van der Waals surface area contributed by atoms with Gasteiger partial charge in [-0.15, -0.1) is 0 Å². The van der Waals surface area contributed by atoms with Gasteiger partial charge in [0.15, 0.2) is 0 Å². The molecule has 0 spiro atoms. The minimum atomic E-state index is -0.804. The number of hydrogen-bond acceptors (Lipinski definition) is 5. The van der Waals surface area contributed by atoms with Gasteiger partial charge in [-0.05, 0) is 66.6 Å². The Morgan fingerprint density at radius 1 is 0.941 bits per heavy atom. The van der Waals surface area contributed by atoms with E-state index in [9.17, 15) is 14.4 Å². The molecule has 8 heteroatoms. The molecular weight excluding hydrogens is 456 g/mol. The second kappa shape index (κ2) is 12.2. The Hall–Kier alpha value is -4.10. The van der Waals surface area contributed by atoms with Crippen LogP contribution >= 0.6 is 11.6 Å². The van der Waals surface area contributed by atoms with Crippen LogP contribution in [0.15, 0.2) is 78.9 Å². The van der Waals surface area contributed by atoms with Gasteiger partial charge in [0.1, 0.15) is 5.75 Å². The molecular formula is C26H23ClN2O5. The maximum absolute atomic E-state index is 12.5. The second-order valence-corrected chi connectivity index (χ2v) is 7.46. The van der Waals surface area contributed by atoms with Crippen LogP contribution in [0, 0.1) is 0 Å². The molecule has 174 valence electrons. The molecule has 2 N–H and O–H groups in total. The number of halogens is 1. The van der Waals surface area contributed by atoms with Crippen molar-refractivity contribution in [3.8, 4) is 5.75 Å². The Morgan fingerprint density at radius 2 is 1.65 bits per heavy atom. The van der Waals surface area contributed by atoms with Crippen molar-refractivity contribution in [1.82, 2.24) is 5.32 Å². The van der Waals surface area contributed by atoms with E-state index in [1.807, 2.05) is 24.3 Å². The van der Waals surface area contributed by atoms with Gasteiger partial charge in [0.25, 0.3) is 5.91 Å². The third kappa shape index (κ3) is 7.50. The number of carbonyl (C=O) groups is 3. The average molecular weight is 479 g/mol. The van der Waals surface area contributed by atoms with Crippen LogP contribution in [-0.2, 0) is 16.1 Å². The van der Waals surface area contributed by atoms with Crippen molar-refractivity contribution in [2.24, 2.45) is 0 Å². The van der Waals surface area contributed by atoms with E-state index in [0.29, 0.717) is 16.3 Å². The van der Waals surface area contributed by atoms with Gasteiger partial charge in [0.2, 0.25) is 5.91 Å². The van der Waals surface area contributed by atoms with Crippen LogP contribution in [0.5, 0.6) is 5.75 Å². The molecule has 0 fully saturated rings. The highest BCUT2D eigenvalue weighted by atomic mass is 35.5. The molecule has 0 atom stereocenters. The Kier molecular flexibility index (Phi) is 8.82. The van der Waals surface area contributed by atoms with Crippen LogP contribution in [-0.4, -0.2) is 24.6 Å². The van der Waals surface area contributed by atoms with E-state index in [-0.39, 0.29) is 30.7 Å². The summed E-state index contributed by atoms with van der Waals surface area (Å²) in [5, 5.41) is 6.27. The standard InChI is InChI=1S/C26H23ClN2O5/c1-2-33-26(32)34-22-14-10-19(11-15-22)25(31)28-17-20-5-3-4-6-23(20)29-24(30)16-9-18-7-12-21(27)13-8-18/h3-16H,2,17H2,1H3,(H,28,31)(H,29,30)/b16-9+. The molecule has 0 bridgehead atoms. The highest BCUT2D eigenvalue weighted by molar-refractivity contribution is 6.30. The smallest absolute Gasteiger partial charge is 0.434 e. The molecule has 0 aliphatic rings. The molecule has 34 heavy (non-hydrogen) atoms. The van der Waals surface area contributed by atoms with Crippen LogP contribution in [0.25, 0.3) is 6.08 Å². The number of carbonyl (C=O) groups excluding carboxylic acids is 3. The highest BCUT2D eigenvalue weighted by Crippen LogP contribution is 2.17. The van der Waals surface area contributed by atoms with E-state index in [1.54, 1.807) is 49.4 Å². The lowest BCUT2D eigenvalue weighted by molar-refractivity contribution is -0.111. The van der Waals surface area contributed by atoms with E-state index < -0.39 is 6.16 Å². The Bertz CT molecular complexity index is 1170. The molecule has 3 aromatic rings. The third-order valence-corrected chi connectivity index (χ3v) is 4.84. The number of amides is 2. The molecule has 0 radical (unpaired) electrons. The van der Waals surface area contributed by atoms with Gasteiger partial charge in [-0.2, -0.15) is 0 Å². The molecule has 0 aromatic heterocycles. The lowest BCUT2D eigenvalue weighted by atomic mass is 10.1. The van der Waals surface area contributed by atoms with Gasteiger partial charge in [-0.1, -0.05) is 41.9 Å². The Labute approximate surface area is 202 Å². The van der Waals surface area contributed by atoms with E-state index >= 15 is 0 Å². The summed E-state index contributed by atoms with van der Waals surface area (Å²) in [6.07, 6.45) is 2.31. The molecule has 2 amide bonds. The largest absolute Gasteiger partial charge is 0.513 e. The number of nitrogens with one attached hydrogen (secondary N) is 2.